The van der Waals surface area contributed by atoms with Gasteiger partial charge in [0.05, 0.1) is 12.9 Å². The Morgan fingerprint density at radius 3 is 2.92 bits per heavy atom. The number of esters is 1. The number of methoxy groups -OCH3 is 1. The normalized spacial score (nSPS) is 29.4. The van der Waals surface area contributed by atoms with E-state index in [1.165, 1.54) is 13.2 Å². The van der Waals surface area contributed by atoms with Crippen molar-refractivity contribution in [2.75, 3.05) is 7.11 Å². The van der Waals surface area contributed by atoms with Crippen molar-refractivity contribution in [2.24, 2.45) is 5.73 Å². The van der Waals surface area contributed by atoms with Crippen LogP contribution in [-0.4, -0.2) is 18.6 Å². The number of hydrogen-bond donors (Lipinski definition) is 1. The summed E-state index contributed by atoms with van der Waals surface area (Å²) in [5.41, 5.74) is 4.68. The number of hydrogen-bond acceptors (Lipinski definition) is 3. The Morgan fingerprint density at radius 1 is 1.83 bits per heavy atom. The molecule has 0 saturated heterocycles. The highest BCUT2D eigenvalue weighted by Gasteiger charge is 2.36. The van der Waals surface area contributed by atoms with Crippen LogP contribution in [0.15, 0.2) is 11.9 Å². The Morgan fingerprint density at radius 2 is 2.50 bits per heavy atom. The molecule has 0 spiro atoms. The number of allylic oxidation sites excluding steroid dienone is 1. The van der Waals surface area contributed by atoms with Crippen LogP contribution in [0.2, 0.25) is 0 Å². The number of halogens is 1. The quantitative estimate of drug-likeness (QED) is 0.599. The van der Waals surface area contributed by atoms with Crippen LogP contribution in [0.25, 0.3) is 0 Å². The van der Waals surface area contributed by atoms with E-state index in [1.54, 1.807) is 0 Å². The standard InChI is InChI=1S/C8H12FNO2/c1-12-7(11)8(10)4-2-6(9)3-5-8/h2H,3-5,10H2,1H3. The average Bonchev–Trinajstić information content (AvgIpc) is 2.09. The van der Waals surface area contributed by atoms with Gasteiger partial charge in [0.15, 0.2) is 0 Å². The van der Waals surface area contributed by atoms with Gasteiger partial charge in [0, 0.05) is 6.42 Å². The highest BCUT2D eigenvalue weighted by molar-refractivity contribution is 5.80. The van der Waals surface area contributed by atoms with Gasteiger partial charge in [-0.1, -0.05) is 6.08 Å². The molecular weight excluding hydrogens is 161 g/mol. The molecule has 0 heterocycles. The Bertz CT molecular complexity index is 227. The SMILES string of the molecule is COC(=O)C1(N)CC=C(F)CC1. The van der Waals surface area contributed by atoms with E-state index >= 15 is 0 Å². The monoisotopic (exact) mass is 173 g/mol. The molecule has 0 amide bonds. The fourth-order valence-corrected chi connectivity index (χ4v) is 1.23. The first-order valence-electron chi connectivity index (χ1n) is 3.80. The lowest BCUT2D eigenvalue weighted by Crippen LogP contribution is -2.49. The first kappa shape index (κ1) is 9.19. The molecule has 68 valence electrons. The summed E-state index contributed by atoms with van der Waals surface area (Å²) in [6.07, 6.45) is 2.12. The molecule has 12 heavy (non-hydrogen) atoms. The van der Waals surface area contributed by atoms with E-state index in [2.05, 4.69) is 4.74 Å². The summed E-state index contributed by atoms with van der Waals surface area (Å²) in [6.45, 7) is 0. The Kier molecular flexibility index (Phi) is 2.47. The summed E-state index contributed by atoms with van der Waals surface area (Å²) in [6, 6.07) is 0. The average molecular weight is 173 g/mol. The summed E-state index contributed by atoms with van der Waals surface area (Å²) in [4.78, 5) is 11.1. The van der Waals surface area contributed by atoms with Crippen molar-refractivity contribution in [3.8, 4) is 0 Å². The second kappa shape index (κ2) is 3.23. The molecule has 0 saturated carbocycles. The lowest BCUT2D eigenvalue weighted by Gasteiger charge is -2.27. The number of rotatable bonds is 1. The van der Waals surface area contributed by atoms with Crippen molar-refractivity contribution in [3.63, 3.8) is 0 Å². The van der Waals surface area contributed by atoms with Gasteiger partial charge < -0.3 is 10.5 Å². The number of nitrogens with two attached hydrogens (primary N) is 1. The van der Waals surface area contributed by atoms with Crippen molar-refractivity contribution in [1.29, 1.82) is 0 Å². The second-order valence-corrected chi connectivity index (χ2v) is 3.00. The molecule has 0 aromatic rings. The fourth-order valence-electron chi connectivity index (χ4n) is 1.23. The van der Waals surface area contributed by atoms with E-state index in [0.29, 0.717) is 6.42 Å². The largest absolute Gasteiger partial charge is 0.468 e. The highest BCUT2D eigenvalue weighted by atomic mass is 19.1. The number of ether oxygens (including phenoxy) is 1. The third kappa shape index (κ3) is 1.64. The second-order valence-electron chi connectivity index (χ2n) is 3.00. The molecule has 1 atom stereocenters. The molecular formula is C8H12FNO2. The molecule has 0 aromatic heterocycles. The number of carbonyl (C=O) groups is 1. The summed E-state index contributed by atoms with van der Waals surface area (Å²) in [5.74, 6) is -0.661. The van der Waals surface area contributed by atoms with Crippen LogP contribution in [-0.2, 0) is 9.53 Å². The van der Waals surface area contributed by atoms with Gasteiger partial charge in [-0.15, -0.1) is 0 Å². The summed E-state index contributed by atoms with van der Waals surface area (Å²) >= 11 is 0. The zero-order valence-electron chi connectivity index (χ0n) is 6.97. The maximum atomic E-state index is 12.5. The lowest BCUT2D eigenvalue weighted by atomic mass is 9.86. The summed E-state index contributed by atoms with van der Waals surface area (Å²) in [5, 5.41) is 0. The molecule has 1 rings (SSSR count). The van der Waals surface area contributed by atoms with Gasteiger partial charge in [0.2, 0.25) is 0 Å². The van der Waals surface area contributed by atoms with Crippen LogP contribution >= 0.6 is 0 Å². The third-order valence-electron chi connectivity index (χ3n) is 2.09. The lowest BCUT2D eigenvalue weighted by molar-refractivity contribution is -0.147. The van der Waals surface area contributed by atoms with E-state index in [1.807, 2.05) is 0 Å². The van der Waals surface area contributed by atoms with E-state index < -0.39 is 11.5 Å². The first-order valence-corrected chi connectivity index (χ1v) is 3.80. The van der Waals surface area contributed by atoms with E-state index in [9.17, 15) is 9.18 Å². The maximum absolute atomic E-state index is 12.5. The molecule has 0 aliphatic heterocycles. The van der Waals surface area contributed by atoms with Crippen molar-refractivity contribution >= 4 is 5.97 Å². The molecule has 4 heteroatoms. The fraction of sp³-hybridized carbons (Fsp3) is 0.625. The molecule has 2 N–H and O–H groups in total. The van der Waals surface area contributed by atoms with Gasteiger partial charge in [-0.05, 0) is 12.8 Å². The van der Waals surface area contributed by atoms with Gasteiger partial charge in [-0.25, -0.2) is 4.39 Å². The first-order chi connectivity index (χ1) is 5.58. The molecule has 3 nitrogen and oxygen atoms in total. The van der Waals surface area contributed by atoms with Crippen LogP contribution < -0.4 is 5.73 Å². The molecule has 0 bridgehead atoms. The topological polar surface area (TPSA) is 52.3 Å². The van der Waals surface area contributed by atoms with Gasteiger partial charge in [-0.2, -0.15) is 0 Å². The van der Waals surface area contributed by atoms with E-state index in [4.69, 9.17) is 5.73 Å². The molecule has 0 fully saturated rings. The van der Waals surface area contributed by atoms with Crippen LogP contribution in [0, 0.1) is 0 Å². The highest BCUT2D eigenvalue weighted by Crippen LogP contribution is 2.26. The maximum Gasteiger partial charge on any atom is 0.326 e. The number of carbonyl (C=O) groups excluding carboxylic acids is 1. The molecule has 0 aromatic carbocycles. The predicted octanol–water partition coefficient (Wildman–Crippen LogP) is 0.894. The van der Waals surface area contributed by atoms with Gasteiger partial charge >= 0.3 is 5.97 Å². The van der Waals surface area contributed by atoms with E-state index in [0.717, 1.165) is 0 Å². The van der Waals surface area contributed by atoms with Gasteiger partial charge in [-0.3, -0.25) is 4.79 Å². The predicted molar refractivity (Wildman–Crippen MR) is 42.0 cm³/mol. The van der Waals surface area contributed by atoms with Crippen LogP contribution in [0.4, 0.5) is 4.39 Å². The van der Waals surface area contributed by atoms with E-state index in [-0.39, 0.29) is 18.7 Å². The van der Waals surface area contributed by atoms with Crippen LogP contribution in [0.5, 0.6) is 0 Å². The van der Waals surface area contributed by atoms with Crippen molar-refractivity contribution in [3.05, 3.63) is 11.9 Å². The Hall–Kier alpha value is -0.900. The van der Waals surface area contributed by atoms with Crippen molar-refractivity contribution < 1.29 is 13.9 Å². The summed E-state index contributed by atoms with van der Waals surface area (Å²) in [7, 11) is 1.28. The third-order valence-corrected chi connectivity index (χ3v) is 2.09. The zero-order valence-corrected chi connectivity index (χ0v) is 6.97. The minimum Gasteiger partial charge on any atom is -0.468 e. The van der Waals surface area contributed by atoms with Crippen molar-refractivity contribution in [1.82, 2.24) is 0 Å². The minimum atomic E-state index is -1.01. The molecule has 0 radical (unpaired) electrons. The minimum absolute atomic E-state index is 0.194. The van der Waals surface area contributed by atoms with Crippen LogP contribution in [0.3, 0.4) is 0 Å². The Balaban J connectivity index is 2.69. The zero-order chi connectivity index (χ0) is 9.19. The van der Waals surface area contributed by atoms with Crippen LogP contribution in [0.1, 0.15) is 19.3 Å². The van der Waals surface area contributed by atoms with Gasteiger partial charge in [0.1, 0.15) is 5.54 Å². The molecule has 1 unspecified atom stereocenters. The Labute approximate surface area is 70.4 Å². The van der Waals surface area contributed by atoms with Gasteiger partial charge in [0.25, 0.3) is 0 Å². The smallest absolute Gasteiger partial charge is 0.326 e. The molecule has 1 aliphatic carbocycles. The molecule has 1 aliphatic rings. The summed E-state index contributed by atoms with van der Waals surface area (Å²) < 4.78 is 17.1. The van der Waals surface area contributed by atoms with Crippen molar-refractivity contribution in [2.45, 2.75) is 24.8 Å².